The third-order valence-corrected chi connectivity index (χ3v) is 2.31. The summed E-state index contributed by atoms with van der Waals surface area (Å²) in [5.41, 5.74) is 0. The van der Waals surface area contributed by atoms with E-state index in [9.17, 15) is 9.59 Å². The van der Waals surface area contributed by atoms with Gasteiger partial charge in [-0.2, -0.15) is 0 Å². The molecule has 1 saturated heterocycles. The minimum Gasteiger partial charge on any atom is -0.296 e. The average molecular weight is 190 g/mol. The Bertz CT molecular complexity index is 249. The van der Waals surface area contributed by atoms with Gasteiger partial charge in [-0.1, -0.05) is 12.2 Å². The van der Waals surface area contributed by atoms with E-state index in [1.165, 1.54) is 0 Å². The fourth-order valence-electron chi connectivity index (χ4n) is 1.69. The molecule has 2 atom stereocenters. The maximum atomic E-state index is 11.1. The van der Waals surface area contributed by atoms with Gasteiger partial charge >= 0.3 is 51.4 Å². The van der Waals surface area contributed by atoms with Crippen molar-refractivity contribution in [2.24, 2.45) is 11.8 Å². The van der Waals surface area contributed by atoms with E-state index in [0.29, 0.717) is 0 Å². The molecule has 0 bridgehead atoms. The molecule has 1 N–H and O–H groups in total. The first-order valence-electron chi connectivity index (χ1n) is 3.80. The molecule has 3 nitrogen and oxygen atoms in total. The fourth-order valence-corrected chi connectivity index (χ4v) is 1.69. The van der Waals surface area contributed by atoms with Crippen LogP contribution in [-0.2, 0) is 9.59 Å². The smallest absolute Gasteiger partial charge is 0.296 e. The topological polar surface area (TPSA) is 46.2 Å². The van der Waals surface area contributed by atoms with E-state index in [1.807, 2.05) is 12.2 Å². The van der Waals surface area contributed by atoms with Crippen molar-refractivity contribution in [1.29, 1.82) is 0 Å². The molecule has 2 rings (SSSR count). The van der Waals surface area contributed by atoms with E-state index in [-0.39, 0.29) is 75.0 Å². The van der Waals surface area contributed by atoms with Crippen LogP contribution >= 0.6 is 0 Å². The molecule has 1 fully saturated rings. The Kier molecular flexibility index (Phi) is 3.67. The van der Waals surface area contributed by atoms with E-state index >= 15 is 0 Å². The normalized spacial score (nSPS) is 32.3. The number of carbonyl (C=O) groups is 2. The number of imide groups is 1. The van der Waals surface area contributed by atoms with E-state index in [2.05, 4.69) is 5.32 Å². The van der Waals surface area contributed by atoms with Gasteiger partial charge in [0.15, 0.2) is 0 Å². The first-order chi connectivity index (χ1) is 5.29. The predicted octanol–water partition coefficient (Wildman–Crippen LogP) is -2.77. The van der Waals surface area contributed by atoms with E-state index in [0.717, 1.165) is 12.8 Å². The first-order valence-corrected chi connectivity index (χ1v) is 3.80. The summed E-state index contributed by atoms with van der Waals surface area (Å²) in [7, 11) is 0. The summed E-state index contributed by atoms with van der Waals surface area (Å²) in [5, 5.41) is 2.33. The second-order valence-corrected chi connectivity index (χ2v) is 2.99. The van der Waals surface area contributed by atoms with Crippen LogP contribution in [0.15, 0.2) is 12.2 Å². The molecule has 2 unspecified atom stereocenters. The molecule has 12 heavy (non-hydrogen) atoms. The summed E-state index contributed by atoms with van der Waals surface area (Å²) in [5.74, 6) is -0.468. The Morgan fingerprint density at radius 2 is 2.08 bits per heavy atom. The number of fused-ring (bicyclic) bond motifs is 1. The number of hydrogen-bond donors (Lipinski definition) is 1. The molecular formula is C8H9KNO2+. The average Bonchev–Trinajstić information content (AvgIpc) is 2.30. The van der Waals surface area contributed by atoms with Crippen LogP contribution in [0.3, 0.4) is 0 Å². The van der Waals surface area contributed by atoms with Crippen LogP contribution in [0.4, 0.5) is 0 Å². The first kappa shape index (κ1) is 10.6. The molecule has 0 saturated carbocycles. The number of carbonyl (C=O) groups excluding carboxylic acids is 2. The summed E-state index contributed by atoms with van der Waals surface area (Å²) >= 11 is 0. The zero-order valence-electron chi connectivity index (χ0n) is 7.04. The van der Waals surface area contributed by atoms with E-state index < -0.39 is 0 Å². The van der Waals surface area contributed by atoms with Crippen molar-refractivity contribution in [1.82, 2.24) is 5.32 Å². The minimum absolute atomic E-state index is 0. The molecule has 58 valence electrons. The maximum absolute atomic E-state index is 11.1. The summed E-state index contributed by atoms with van der Waals surface area (Å²) in [6.45, 7) is 0. The third-order valence-electron chi connectivity index (χ3n) is 2.31. The maximum Gasteiger partial charge on any atom is 1.00 e. The van der Waals surface area contributed by atoms with Crippen LogP contribution in [0.1, 0.15) is 12.8 Å². The summed E-state index contributed by atoms with van der Waals surface area (Å²) in [6.07, 6.45) is 5.55. The monoisotopic (exact) mass is 190 g/mol. The number of hydrogen-bond acceptors (Lipinski definition) is 2. The van der Waals surface area contributed by atoms with E-state index in [4.69, 9.17) is 0 Å². The Labute approximate surface area is 113 Å². The molecule has 0 aromatic carbocycles. The van der Waals surface area contributed by atoms with Gasteiger partial charge in [0, 0.05) is 0 Å². The Hall–Kier alpha value is 0.516. The van der Waals surface area contributed by atoms with Crippen molar-refractivity contribution in [2.45, 2.75) is 12.8 Å². The van der Waals surface area contributed by atoms with Crippen LogP contribution in [0.2, 0.25) is 0 Å². The van der Waals surface area contributed by atoms with Crippen LogP contribution in [0.25, 0.3) is 0 Å². The zero-order chi connectivity index (χ0) is 7.84. The van der Waals surface area contributed by atoms with Crippen molar-refractivity contribution in [3.63, 3.8) is 0 Å². The zero-order valence-corrected chi connectivity index (χ0v) is 10.2. The van der Waals surface area contributed by atoms with Crippen molar-refractivity contribution in [2.75, 3.05) is 0 Å². The molecule has 0 radical (unpaired) electrons. The number of nitrogens with one attached hydrogen (secondary N) is 1. The molecule has 1 heterocycles. The Morgan fingerprint density at radius 1 is 1.33 bits per heavy atom. The molecule has 0 spiro atoms. The van der Waals surface area contributed by atoms with E-state index in [1.54, 1.807) is 0 Å². The van der Waals surface area contributed by atoms with Gasteiger partial charge in [-0.25, -0.2) is 0 Å². The van der Waals surface area contributed by atoms with Crippen LogP contribution in [-0.4, -0.2) is 11.8 Å². The van der Waals surface area contributed by atoms with Crippen molar-refractivity contribution in [3.05, 3.63) is 12.2 Å². The summed E-state index contributed by atoms with van der Waals surface area (Å²) in [4.78, 5) is 22.1. The van der Waals surface area contributed by atoms with Gasteiger partial charge in [-0.3, -0.25) is 14.9 Å². The number of allylic oxidation sites excluding steroid dienone is 1. The molecule has 1 aliphatic carbocycles. The van der Waals surface area contributed by atoms with Gasteiger partial charge in [-0.15, -0.1) is 0 Å². The molecule has 0 aromatic rings. The molecule has 2 amide bonds. The minimum atomic E-state index is -0.170. The fraction of sp³-hybridized carbons (Fsp3) is 0.500. The standard InChI is InChI=1S/C8H9NO2.K/c10-7-5-3-1-2-4-6(5)8(11)9-7;/h1,3,5-6H,2,4H2,(H,9,10,11);/q;+1. The molecule has 1 aliphatic heterocycles. The Balaban J connectivity index is 0.000000720. The van der Waals surface area contributed by atoms with Crippen LogP contribution in [0, 0.1) is 11.8 Å². The van der Waals surface area contributed by atoms with Crippen molar-refractivity contribution in [3.8, 4) is 0 Å². The van der Waals surface area contributed by atoms with Gasteiger partial charge < -0.3 is 0 Å². The van der Waals surface area contributed by atoms with Crippen molar-refractivity contribution >= 4 is 11.8 Å². The SMILES string of the molecule is O=C1NC(=O)C2CCC=CC12.[K+]. The summed E-state index contributed by atoms with van der Waals surface area (Å²) in [6, 6.07) is 0. The van der Waals surface area contributed by atoms with Gasteiger partial charge in [-0.05, 0) is 12.8 Å². The van der Waals surface area contributed by atoms with Crippen LogP contribution < -0.4 is 56.7 Å². The van der Waals surface area contributed by atoms with Gasteiger partial charge in [0.1, 0.15) is 0 Å². The van der Waals surface area contributed by atoms with Gasteiger partial charge in [0.25, 0.3) is 0 Å². The molecular weight excluding hydrogens is 181 g/mol. The largest absolute Gasteiger partial charge is 1.00 e. The van der Waals surface area contributed by atoms with Gasteiger partial charge in [0.2, 0.25) is 11.8 Å². The molecule has 4 heteroatoms. The number of amides is 2. The quantitative estimate of drug-likeness (QED) is 0.255. The van der Waals surface area contributed by atoms with Crippen LogP contribution in [0.5, 0.6) is 0 Å². The second-order valence-electron chi connectivity index (χ2n) is 2.99. The molecule has 0 aromatic heterocycles. The van der Waals surface area contributed by atoms with Crippen molar-refractivity contribution < 1.29 is 61.0 Å². The summed E-state index contributed by atoms with van der Waals surface area (Å²) < 4.78 is 0. The number of rotatable bonds is 0. The third kappa shape index (κ3) is 1.72. The van der Waals surface area contributed by atoms with Gasteiger partial charge in [0.05, 0.1) is 11.8 Å². The second kappa shape index (κ2) is 4.15. The Morgan fingerprint density at radius 3 is 2.75 bits per heavy atom. The predicted molar refractivity (Wildman–Crippen MR) is 38.5 cm³/mol. The molecule has 2 aliphatic rings.